The van der Waals surface area contributed by atoms with Gasteiger partial charge in [-0.2, -0.15) is 0 Å². The molecule has 1 atom stereocenters. The molecule has 0 saturated heterocycles. The van der Waals surface area contributed by atoms with Crippen molar-refractivity contribution < 1.29 is 32.2 Å². The highest BCUT2D eigenvalue weighted by molar-refractivity contribution is 7.92. The van der Waals surface area contributed by atoms with E-state index in [0.29, 0.717) is 40.3 Å². The van der Waals surface area contributed by atoms with Crippen molar-refractivity contribution in [2.75, 3.05) is 38.2 Å². The number of carbonyl (C=O) groups is 2. The molecule has 0 bridgehead atoms. The van der Waals surface area contributed by atoms with Crippen LogP contribution in [0, 0.1) is 5.92 Å². The van der Waals surface area contributed by atoms with Gasteiger partial charge in [0.1, 0.15) is 18.3 Å². The summed E-state index contributed by atoms with van der Waals surface area (Å²) in [5.74, 6) is 0.230. The Morgan fingerprint density at radius 1 is 0.913 bits per heavy atom. The molecule has 0 heterocycles. The van der Waals surface area contributed by atoms with Gasteiger partial charge in [-0.25, -0.2) is 8.42 Å². The Kier molecular flexibility index (Phi) is 13.4. The molecule has 0 radical (unpaired) electrons. The van der Waals surface area contributed by atoms with Crippen molar-refractivity contribution in [3.8, 4) is 17.2 Å². The van der Waals surface area contributed by atoms with Crippen LogP contribution in [0.5, 0.6) is 17.2 Å². The maximum absolute atomic E-state index is 14.4. The minimum atomic E-state index is -4.37. The molecule has 1 N–H and O–H groups in total. The predicted octanol–water partition coefficient (Wildman–Crippen LogP) is 6.18. The Bertz CT molecular complexity index is 1580. The molecule has 46 heavy (non-hydrogen) atoms. The molecule has 2 amide bonds. The quantitative estimate of drug-likeness (QED) is 0.190. The van der Waals surface area contributed by atoms with Gasteiger partial charge < -0.3 is 24.4 Å². The number of nitrogens with one attached hydrogen (secondary N) is 1. The van der Waals surface area contributed by atoms with E-state index in [1.807, 2.05) is 20.8 Å². The Balaban J connectivity index is 2.14. The first-order chi connectivity index (χ1) is 21.9. The smallest absolute Gasteiger partial charge is 0.264 e. The fraction of sp³-hybridized carbons (Fsp3) is 0.394. The van der Waals surface area contributed by atoms with Gasteiger partial charge in [-0.3, -0.25) is 13.9 Å². The first-order valence-corrected chi connectivity index (χ1v) is 17.0. The molecular weight excluding hydrogens is 653 g/mol. The SMILES string of the molecule is CCOc1ccc(N(CC(=O)N(Cc2c(Cl)cccc2Cl)C(CC)C(=O)NCC(C)C)S(=O)(=O)c2ccc(OC)c(OC)c2)cc1. The molecule has 0 fully saturated rings. The van der Waals surface area contributed by atoms with E-state index in [2.05, 4.69) is 5.32 Å². The molecule has 0 aromatic heterocycles. The zero-order chi connectivity index (χ0) is 34.0. The van der Waals surface area contributed by atoms with E-state index in [0.717, 1.165) is 4.31 Å². The average molecular weight is 695 g/mol. The first-order valence-electron chi connectivity index (χ1n) is 14.8. The second kappa shape index (κ2) is 16.8. The van der Waals surface area contributed by atoms with Crippen molar-refractivity contribution in [3.63, 3.8) is 0 Å². The summed E-state index contributed by atoms with van der Waals surface area (Å²) in [5, 5.41) is 3.51. The maximum Gasteiger partial charge on any atom is 0.264 e. The lowest BCUT2D eigenvalue weighted by Gasteiger charge is -2.33. The summed E-state index contributed by atoms with van der Waals surface area (Å²) in [6.45, 7) is 7.58. The summed E-state index contributed by atoms with van der Waals surface area (Å²) < 4.78 is 45.8. The third-order valence-corrected chi connectivity index (χ3v) is 9.60. The number of benzene rings is 3. The van der Waals surface area contributed by atoms with Crippen molar-refractivity contribution in [1.29, 1.82) is 0 Å². The van der Waals surface area contributed by atoms with Gasteiger partial charge in [-0.1, -0.05) is 50.0 Å². The minimum Gasteiger partial charge on any atom is -0.494 e. The summed E-state index contributed by atoms with van der Waals surface area (Å²) in [4.78, 5) is 29.0. The van der Waals surface area contributed by atoms with Gasteiger partial charge in [-0.15, -0.1) is 0 Å². The topological polar surface area (TPSA) is 114 Å². The number of ether oxygens (including phenoxy) is 3. The molecule has 3 rings (SSSR count). The molecule has 0 aliphatic rings. The Morgan fingerprint density at radius 3 is 2.09 bits per heavy atom. The van der Waals surface area contributed by atoms with E-state index >= 15 is 0 Å². The van der Waals surface area contributed by atoms with Crippen LogP contribution in [0.1, 0.15) is 39.7 Å². The van der Waals surface area contributed by atoms with Crippen LogP contribution in [-0.2, 0) is 26.2 Å². The lowest BCUT2D eigenvalue weighted by atomic mass is 10.1. The standard InChI is InChI=1S/C33H41Cl2N3O7S/c1-7-29(33(40)36-19-22(3)4)37(20-26-27(34)10-9-11-28(26)35)32(39)21-38(23-12-14-24(15-13-23)45-8-2)46(41,42)25-16-17-30(43-5)31(18-25)44-6/h9-18,22,29H,7-8,19-21H2,1-6H3,(H,36,40). The molecular formula is C33H41Cl2N3O7S. The number of hydrogen-bond donors (Lipinski definition) is 1. The van der Waals surface area contributed by atoms with E-state index in [-0.39, 0.29) is 41.1 Å². The van der Waals surface area contributed by atoms with Crippen LogP contribution in [0.2, 0.25) is 10.0 Å². The molecule has 0 aliphatic heterocycles. The number of halogens is 2. The highest BCUT2D eigenvalue weighted by Crippen LogP contribution is 2.33. The largest absolute Gasteiger partial charge is 0.494 e. The fourth-order valence-electron chi connectivity index (χ4n) is 4.70. The monoisotopic (exact) mass is 693 g/mol. The van der Waals surface area contributed by atoms with Crippen LogP contribution >= 0.6 is 23.2 Å². The summed E-state index contributed by atoms with van der Waals surface area (Å²) in [6.07, 6.45) is 0.253. The molecule has 10 nitrogen and oxygen atoms in total. The fourth-order valence-corrected chi connectivity index (χ4v) is 6.65. The van der Waals surface area contributed by atoms with Gasteiger partial charge in [0.05, 0.1) is 31.4 Å². The Morgan fingerprint density at radius 2 is 1.54 bits per heavy atom. The van der Waals surface area contributed by atoms with Crippen LogP contribution in [0.25, 0.3) is 0 Å². The number of nitrogens with zero attached hydrogens (tertiary/aromatic N) is 2. The number of hydrogen-bond acceptors (Lipinski definition) is 7. The predicted molar refractivity (Wildman–Crippen MR) is 181 cm³/mol. The number of rotatable bonds is 16. The molecule has 0 saturated carbocycles. The van der Waals surface area contributed by atoms with Crippen LogP contribution in [-0.4, -0.2) is 65.1 Å². The van der Waals surface area contributed by atoms with Crippen LogP contribution in [0.4, 0.5) is 5.69 Å². The summed E-state index contributed by atoms with van der Waals surface area (Å²) in [5.41, 5.74) is 0.643. The maximum atomic E-state index is 14.4. The Hall–Kier alpha value is -3.67. The highest BCUT2D eigenvalue weighted by Gasteiger charge is 2.34. The lowest BCUT2D eigenvalue weighted by Crippen LogP contribution is -2.52. The van der Waals surface area contributed by atoms with Crippen LogP contribution in [0.15, 0.2) is 65.6 Å². The summed E-state index contributed by atoms with van der Waals surface area (Å²) >= 11 is 13.0. The zero-order valence-electron chi connectivity index (χ0n) is 26.9. The van der Waals surface area contributed by atoms with Crippen molar-refractivity contribution in [1.82, 2.24) is 10.2 Å². The third-order valence-electron chi connectivity index (χ3n) is 7.12. The van der Waals surface area contributed by atoms with E-state index in [1.165, 1.54) is 37.3 Å². The van der Waals surface area contributed by atoms with Gasteiger partial charge in [0.15, 0.2) is 11.5 Å². The number of amides is 2. The van der Waals surface area contributed by atoms with Crippen molar-refractivity contribution in [2.45, 2.75) is 51.6 Å². The highest BCUT2D eigenvalue weighted by atomic mass is 35.5. The number of anilines is 1. The van der Waals surface area contributed by atoms with Gasteiger partial charge in [0, 0.05) is 34.8 Å². The molecule has 1 unspecified atom stereocenters. The van der Waals surface area contributed by atoms with E-state index in [4.69, 9.17) is 37.4 Å². The molecule has 0 spiro atoms. The normalized spacial score (nSPS) is 11.9. The van der Waals surface area contributed by atoms with Crippen molar-refractivity contribution in [3.05, 3.63) is 76.3 Å². The van der Waals surface area contributed by atoms with Crippen LogP contribution < -0.4 is 23.8 Å². The minimum absolute atomic E-state index is 0.127. The Labute approximate surface area is 281 Å². The van der Waals surface area contributed by atoms with E-state index in [9.17, 15) is 18.0 Å². The molecule has 3 aromatic rings. The lowest BCUT2D eigenvalue weighted by molar-refractivity contribution is -0.140. The van der Waals surface area contributed by atoms with Crippen LogP contribution in [0.3, 0.4) is 0 Å². The second-order valence-electron chi connectivity index (χ2n) is 10.7. The molecule has 250 valence electrons. The van der Waals surface area contributed by atoms with E-state index in [1.54, 1.807) is 49.4 Å². The van der Waals surface area contributed by atoms with Gasteiger partial charge >= 0.3 is 0 Å². The first kappa shape index (κ1) is 36.8. The third kappa shape index (κ3) is 8.98. The number of methoxy groups -OCH3 is 2. The van der Waals surface area contributed by atoms with E-state index < -0.39 is 28.5 Å². The average Bonchev–Trinajstić information content (AvgIpc) is 3.03. The van der Waals surface area contributed by atoms with Gasteiger partial charge in [0.2, 0.25) is 11.8 Å². The van der Waals surface area contributed by atoms with Gasteiger partial charge in [-0.05, 0) is 67.8 Å². The molecule has 3 aromatic carbocycles. The summed E-state index contributed by atoms with van der Waals surface area (Å²) in [6, 6.07) is 14.5. The molecule has 13 heteroatoms. The number of carbonyl (C=O) groups excluding carboxylic acids is 2. The number of sulfonamides is 1. The zero-order valence-corrected chi connectivity index (χ0v) is 29.2. The van der Waals surface area contributed by atoms with Crippen molar-refractivity contribution >= 4 is 50.7 Å². The summed E-state index contributed by atoms with van der Waals surface area (Å²) in [7, 11) is -1.53. The second-order valence-corrected chi connectivity index (χ2v) is 13.4. The van der Waals surface area contributed by atoms with Crippen molar-refractivity contribution in [2.24, 2.45) is 5.92 Å². The molecule has 0 aliphatic carbocycles. The van der Waals surface area contributed by atoms with Gasteiger partial charge in [0.25, 0.3) is 10.0 Å².